The number of allylic oxidation sites excluding steroid dienone is 2. The summed E-state index contributed by atoms with van der Waals surface area (Å²) < 4.78 is 45.9. The number of hydrogen-bond donors (Lipinski definition) is 1. The van der Waals surface area contributed by atoms with E-state index in [0.29, 0.717) is 6.42 Å². The summed E-state index contributed by atoms with van der Waals surface area (Å²) >= 11 is 3.21. The number of ether oxygens (including phenoxy) is 1. The van der Waals surface area contributed by atoms with Crippen LogP contribution >= 0.6 is 15.9 Å². The first-order valence-electron chi connectivity index (χ1n) is 9.19. The van der Waals surface area contributed by atoms with Crippen LogP contribution in [0, 0.1) is 5.92 Å². The van der Waals surface area contributed by atoms with Crippen molar-refractivity contribution in [2.45, 2.75) is 63.6 Å². The van der Waals surface area contributed by atoms with Crippen LogP contribution in [0.3, 0.4) is 0 Å². The lowest BCUT2D eigenvalue weighted by atomic mass is 9.76. The molecule has 0 saturated heterocycles. The average molecular weight is 435 g/mol. The van der Waals surface area contributed by atoms with Crippen molar-refractivity contribution in [3.8, 4) is 0 Å². The van der Waals surface area contributed by atoms with Gasteiger partial charge in [0.2, 0.25) is 5.76 Å². The predicted octanol–water partition coefficient (Wildman–Crippen LogP) is 6.31. The fourth-order valence-electron chi connectivity index (χ4n) is 3.65. The second-order valence-corrected chi connectivity index (χ2v) is 7.59. The Morgan fingerprint density at radius 2 is 1.77 bits per heavy atom. The van der Waals surface area contributed by atoms with Crippen LogP contribution in [-0.2, 0) is 4.74 Å². The third-order valence-corrected chi connectivity index (χ3v) is 5.82. The van der Waals surface area contributed by atoms with Gasteiger partial charge in [-0.15, -0.1) is 0 Å². The molecule has 1 aliphatic heterocycles. The van der Waals surface area contributed by atoms with E-state index in [-0.39, 0.29) is 29.3 Å². The molecular formula is C20H26BrF3O2. The summed E-state index contributed by atoms with van der Waals surface area (Å²) in [4.78, 5) is 0. The SMILES string of the molecule is CCCCCC[C@@H]1C(Br)=C(C(F)(F)F)O[C@H](CCO)[C@H]1c1ccccc1. The third-order valence-electron chi connectivity index (χ3n) is 4.87. The van der Waals surface area contributed by atoms with Crippen molar-refractivity contribution in [1.82, 2.24) is 0 Å². The molecule has 0 aromatic heterocycles. The Morgan fingerprint density at radius 1 is 1.08 bits per heavy atom. The highest BCUT2D eigenvalue weighted by atomic mass is 79.9. The molecule has 0 amide bonds. The van der Waals surface area contributed by atoms with Crippen LogP contribution < -0.4 is 0 Å². The van der Waals surface area contributed by atoms with Gasteiger partial charge in [-0.1, -0.05) is 78.9 Å². The predicted molar refractivity (Wildman–Crippen MR) is 100 cm³/mol. The smallest absolute Gasteiger partial charge is 0.449 e. The summed E-state index contributed by atoms with van der Waals surface area (Å²) in [5, 5.41) is 9.38. The topological polar surface area (TPSA) is 29.5 Å². The summed E-state index contributed by atoms with van der Waals surface area (Å²) in [7, 11) is 0. The van der Waals surface area contributed by atoms with Gasteiger partial charge >= 0.3 is 6.18 Å². The minimum Gasteiger partial charge on any atom is -0.484 e. The third kappa shape index (κ3) is 5.26. The van der Waals surface area contributed by atoms with Crippen LogP contribution in [0.4, 0.5) is 13.2 Å². The molecule has 26 heavy (non-hydrogen) atoms. The fraction of sp³-hybridized carbons (Fsp3) is 0.600. The van der Waals surface area contributed by atoms with Crippen molar-refractivity contribution < 1.29 is 23.0 Å². The second-order valence-electron chi connectivity index (χ2n) is 6.74. The van der Waals surface area contributed by atoms with Crippen molar-refractivity contribution in [2.24, 2.45) is 5.92 Å². The fourth-order valence-corrected chi connectivity index (χ4v) is 4.49. The second kappa shape index (κ2) is 9.79. The Morgan fingerprint density at radius 3 is 2.35 bits per heavy atom. The van der Waals surface area contributed by atoms with Crippen LogP contribution in [0.25, 0.3) is 0 Å². The maximum Gasteiger partial charge on any atom is 0.449 e. The minimum absolute atomic E-state index is 0.101. The summed E-state index contributed by atoms with van der Waals surface area (Å²) in [6.45, 7) is 1.90. The molecule has 0 fully saturated rings. The number of rotatable bonds is 8. The molecule has 0 aliphatic carbocycles. The highest BCUT2D eigenvalue weighted by Gasteiger charge is 2.48. The van der Waals surface area contributed by atoms with E-state index in [0.717, 1.165) is 31.2 Å². The van der Waals surface area contributed by atoms with Gasteiger partial charge < -0.3 is 9.84 Å². The monoisotopic (exact) mass is 434 g/mol. The Balaban J connectivity index is 2.40. The Labute approximate surface area is 161 Å². The summed E-state index contributed by atoms with van der Waals surface area (Å²) in [6.07, 6.45) is -0.390. The minimum atomic E-state index is -4.55. The average Bonchev–Trinajstić information content (AvgIpc) is 2.60. The largest absolute Gasteiger partial charge is 0.484 e. The van der Waals surface area contributed by atoms with Gasteiger partial charge in [-0.3, -0.25) is 0 Å². The van der Waals surface area contributed by atoms with Gasteiger partial charge in [-0.2, -0.15) is 13.2 Å². The van der Waals surface area contributed by atoms with Crippen molar-refractivity contribution in [3.63, 3.8) is 0 Å². The van der Waals surface area contributed by atoms with E-state index >= 15 is 0 Å². The molecule has 0 radical (unpaired) electrons. The lowest BCUT2D eigenvalue weighted by Crippen LogP contribution is -2.37. The van der Waals surface area contributed by atoms with E-state index in [1.54, 1.807) is 0 Å². The Kier molecular flexibility index (Phi) is 8.02. The van der Waals surface area contributed by atoms with Gasteiger partial charge in [-0.05, 0) is 12.0 Å². The van der Waals surface area contributed by atoms with E-state index in [2.05, 4.69) is 22.9 Å². The summed E-state index contributed by atoms with van der Waals surface area (Å²) in [5.74, 6) is -1.47. The molecular weight excluding hydrogens is 409 g/mol. The molecule has 2 rings (SSSR count). The van der Waals surface area contributed by atoms with Gasteiger partial charge in [0.1, 0.15) is 6.10 Å². The van der Waals surface area contributed by atoms with E-state index in [9.17, 15) is 18.3 Å². The molecule has 0 unspecified atom stereocenters. The van der Waals surface area contributed by atoms with Crippen LogP contribution in [0.15, 0.2) is 40.6 Å². The van der Waals surface area contributed by atoms with Crippen molar-refractivity contribution in [3.05, 3.63) is 46.1 Å². The van der Waals surface area contributed by atoms with E-state index in [1.807, 2.05) is 30.3 Å². The van der Waals surface area contributed by atoms with Crippen LogP contribution in [-0.4, -0.2) is 24.0 Å². The first-order valence-corrected chi connectivity index (χ1v) is 9.98. The van der Waals surface area contributed by atoms with Crippen molar-refractivity contribution in [2.75, 3.05) is 6.61 Å². The molecule has 1 aromatic carbocycles. The number of hydrogen-bond acceptors (Lipinski definition) is 2. The number of alkyl halides is 3. The zero-order chi connectivity index (χ0) is 19.2. The number of halogens is 4. The molecule has 2 nitrogen and oxygen atoms in total. The van der Waals surface area contributed by atoms with Crippen LogP contribution in [0.5, 0.6) is 0 Å². The normalized spacial score (nSPS) is 23.8. The standard InChI is InChI=1S/C20H26BrF3O2/c1-2-3-4-8-11-15-17(14-9-6-5-7-10-14)16(12-13-25)26-19(18(15)21)20(22,23)24/h5-7,9-10,15-17,25H,2-4,8,11-13H2,1H3/t15-,16+,17-/m0/s1. The molecule has 0 spiro atoms. The zero-order valence-electron chi connectivity index (χ0n) is 14.9. The summed E-state index contributed by atoms with van der Waals surface area (Å²) in [5.41, 5.74) is 0.949. The highest BCUT2D eigenvalue weighted by molar-refractivity contribution is 9.11. The Bertz CT molecular complexity index is 586. The Hall–Kier alpha value is -1.01. The number of benzene rings is 1. The number of aliphatic hydroxyl groups excluding tert-OH is 1. The molecule has 6 heteroatoms. The quantitative estimate of drug-likeness (QED) is 0.485. The van der Waals surface area contributed by atoms with E-state index < -0.39 is 18.0 Å². The molecule has 1 aromatic rings. The highest BCUT2D eigenvalue weighted by Crippen LogP contribution is 2.50. The number of unbranched alkanes of at least 4 members (excludes halogenated alkanes) is 3. The summed E-state index contributed by atoms with van der Waals surface area (Å²) in [6, 6.07) is 9.51. The molecule has 146 valence electrons. The first kappa shape index (κ1) is 21.3. The van der Waals surface area contributed by atoms with E-state index in [4.69, 9.17) is 4.74 Å². The van der Waals surface area contributed by atoms with Crippen LogP contribution in [0.1, 0.15) is 56.9 Å². The first-order chi connectivity index (χ1) is 12.4. The van der Waals surface area contributed by atoms with Gasteiger partial charge in [0.05, 0.1) is 0 Å². The number of aliphatic hydroxyl groups is 1. The molecule has 3 atom stereocenters. The van der Waals surface area contributed by atoms with Gasteiger partial charge in [0, 0.05) is 29.3 Å². The zero-order valence-corrected chi connectivity index (χ0v) is 16.5. The van der Waals surface area contributed by atoms with E-state index in [1.165, 1.54) is 0 Å². The van der Waals surface area contributed by atoms with Gasteiger partial charge in [-0.25, -0.2) is 0 Å². The van der Waals surface area contributed by atoms with Gasteiger partial charge in [0.15, 0.2) is 0 Å². The van der Waals surface area contributed by atoms with Gasteiger partial charge in [0.25, 0.3) is 0 Å². The molecule has 1 N–H and O–H groups in total. The molecule has 1 aliphatic rings. The van der Waals surface area contributed by atoms with Crippen molar-refractivity contribution in [1.29, 1.82) is 0 Å². The van der Waals surface area contributed by atoms with Crippen molar-refractivity contribution >= 4 is 15.9 Å². The molecule has 1 heterocycles. The van der Waals surface area contributed by atoms with Crippen LogP contribution in [0.2, 0.25) is 0 Å². The molecule has 0 saturated carbocycles. The maximum atomic E-state index is 13.5. The lowest BCUT2D eigenvalue weighted by Gasteiger charge is -2.40. The molecule has 0 bridgehead atoms. The lowest BCUT2D eigenvalue weighted by molar-refractivity contribution is -0.151. The maximum absolute atomic E-state index is 13.5.